The monoisotopic (exact) mass is 584 g/mol. The van der Waals surface area contributed by atoms with Crippen molar-refractivity contribution < 1.29 is 28.7 Å². The molecule has 0 aliphatic carbocycles. The molecule has 3 atom stereocenters. The number of hydrogen-bond donors (Lipinski definition) is 1. The van der Waals surface area contributed by atoms with E-state index >= 15 is 0 Å². The van der Waals surface area contributed by atoms with E-state index in [9.17, 15) is 19.2 Å². The normalized spacial score (nSPS) is 16.3. The van der Waals surface area contributed by atoms with Crippen LogP contribution in [-0.4, -0.2) is 57.4 Å². The smallest absolute Gasteiger partial charge is 0.303 e. The van der Waals surface area contributed by atoms with Crippen LogP contribution < -0.4 is 5.32 Å². The quantitative estimate of drug-likeness (QED) is 0.358. The highest BCUT2D eigenvalue weighted by Gasteiger charge is 2.44. The van der Waals surface area contributed by atoms with E-state index in [0.29, 0.717) is 24.4 Å². The molecule has 1 aliphatic rings. The summed E-state index contributed by atoms with van der Waals surface area (Å²) in [5.74, 6) is -2.93. The Morgan fingerprint density at radius 2 is 1.77 bits per heavy atom. The van der Waals surface area contributed by atoms with Crippen molar-refractivity contribution in [2.75, 3.05) is 6.54 Å². The molecule has 1 saturated heterocycles. The molecule has 1 aliphatic heterocycles. The second-order valence-corrected chi connectivity index (χ2v) is 11.5. The number of aryl methyl sites for hydroxylation is 2. The van der Waals surface area contributed by atoms with Crippen molar-refractivity contribution in [3.05, 3.63) is 67.6 Å². The number of nitrogens with one attached hydrogen (secondary N) is 1. The van der Waals surface area contributed by atoms with Gasteiger partial charge in [0, 0.05) is 43.8 Å². The Balaban J connectivity index is 1.49. The van der Waals surface area contributed by atoms with E-state index in [1.165, 1.54) is 44.3 Å². The van der Waals surface area contributed by atoms with E-state index < -0.39 is 36.0 Å². The number of benzene rings is 1. The molecule has 1 aromatic carbocycles. The van der Waals surface area contributed by atoms with Crippen LogP contribution >= 0.6 is 22.7 Å². The summed E-state index contributed by atoms with van der Waals surface area (Å²) in [5, 5.41) is 7.86. The first-order chi connectivity index (χ1) is 19.1. The van der Waals surface area contributed by atoms with Gasteiger partial charge >= 0.3 is 11.9 Å². The van der Waals surface area contributed by atoms with Crippen LogP contribution in [0.25, 0.3) is 0 Å². The van der Waals surface area contributed by atoms with E-state index in [4.69, 9.17) is 9.47 Å². The highest BCUT2D eigenvalue weighted by atomic mass is 32.1. The maximum absolute atomic E-state index is 13.7. The van der Waals surface area contributed by atoms with Crippen LogP contribution in [0.4, 0.5) is 0 Å². The fourth-order valence-corrected chi connectivity index (χ4v) is 6.30. The van der Waals surface area contributed by atoms with E-state index in [-0.39, 0.29) is 12.6 Å². The van der Waals surface area contributed by atoms with Gasteiger partial charge in [0.1, 0.15) is 10.0 Å². The van der Waals surface area contributed by atoms with Crippen molar-refractivity contribution in [3.8, 4) is 0 Å². The van der Waals surface area contributed by atoms with Crippen molar-refractivity contribution in [2.45, 2.75) is 71.8 Å². The molecule has 3 aromatic rings. The third-order valence-corrected chi connectivity index (χ3v) is 8.42. The summed E-state index contributed by atoms with van der Waals surface area (Å²) in [7, 11) is 0. The molecule has 2 aromatic heterocycles. The Morgan fingerprint density at radius 3 is 2.42 bits per heavy atom. The molecule has 40 heavy (non-hydrogen) atoms. The molecule has 10 nitrogen and oxygen atoms in total. The molecular formula is C28H32N4O6S2. The molecule has 4 rings (SSSR count). The molecule has 1 fully saturated rings. The van der Waals surface area contributed by atoms with Gasteiger partial charge in [0.15, 0.2) is 0 Å². The number of nitrogens with zero attached hydrogens (tertiary/aromatic N) is 3. The Morgan fingerprint density at radius 1 is 1.07 bits per heavy atom. The number of thiazole rings is 2. The lowest BCUT2D eigenvalue weighted by Crippen LogP contribution is -2.53. The fourth-order valence-electron chi connectivity index (χ4n) is 4.79. The molecule has 0 radical (unpaired) electrons. The maximum atomic E-state index is 13.7. The summed E-state index contributed by atoms with van der Waals surface area (Å²) in [6, 6.07) is 5.84. The van der Waals surface area contributed by atoms with E-state index in [2.05, 4.69) is 41.3 Å². The topological polar surface area (TPSA) is 128 Å². The largest absolute Gasteiger partial charge is 0.448 e. The SMILES string of the molecule is CC(=O)O[C@@H](C(=O)NCc1nc(Cc2c(C)cccc2C)cs1)[C@@H](OC(C)=O)C(=O)N1CCCC1c1nccs1. The number of rotatable bonds is 10. The van der Waals surface area contributed by atoms with E-state index in [1.807, 2.05) is 16.8 Å². The fraction of sp³-hybridized carbons (Fsp3) is 0.429. The van der Waals surface area contributed by atoms with Crippen molar-refractivity contribution >= 4 is 46.4 Å². The molecule has 1 unspecified atom stereocenters. The maximum Gasteiger partial charge on any atom is 0.303 e. The number of hydrogen-bond acceptors (Lipinski definition) is 10. The minimum atomic E-state index is -1.67. The minimum absolute atomic E-state index is 0.0560. The molecular weight excluding hydrogens is 552 g/mol. The first-order valence-corrected chi connectivity index (χ1v) is 14.7. The summed E-state index contributed by atoms with van der Waals surface area (Å²) in [6.45, 7) is 6.85. The number of aromatic nitrogens is 2. The summed E-state index contributed by atoms with van der Waals surface area (Å²) >= 11 is 2.81. The van der Waals surface area contributed by atoms with Crippen LogP contribution in [-0.2, 0) is 41.6 Å². The standard InChI is InChI=1S/C28H32N4O6S2/c1-16-7-5-8-17(2)21(16)13-20-15-40-23(31-20)14-30-26(35)24(37-18(3)33)25(38-19(4)34)28(36)32-11-6-9-22(32)27-29-10-12-39-27/h5,7-8,10,12,15,22,24-25H,6,9,11,13-14H2,1-4H3,(H,30,35)/t22?,24-,25-/m1/s1. The molecule has 0 saturated carbocycles. The second kappa shape index (κ2) is 13.1. The molecule has 0 bridgehead atoms. The van der Waals surface area contributed by atoms with Gasteiger partial charge in [0.05, 0.1) is 18.3 Å². The summed E-state index contributed by atoms with van der Waals surface area (Å²) in [5.41, 5.74) is 4.45. The van der Waals surface area contributed by atoms with Gasteiger partial charge in [-0.05, 0) is 43.4 Å². The number of likely N-dealkylation sites (tertiary alicyclic amines) is 1. The predicted molar refractivity (Wildman–Crippen MR) is 150 cm³/mol. The van der Waals surface area contributed by atoms with Gasteiger partial charge in [-0.15, -0.1) is 22.7 Å². The zero-order valence-corrected chi connectivity index (χ0v) is 24.5. The molecule has 0 spiro atoms. The van der Waals surface area contributed by atoms with Crippen LogP contribution in [0.1, 0.15) is 65.1 Å². The van der Waals surface area contributed by atoms with Gasteiger partial charge in [0.2, 0.25) is 12.2 Å². The van der Waals surface area contributed by atoms with E-state index in [0.717, 1.165) is 31.0 Å². The van der Waals surface area contributed by atoms with Gasteiger partial charge in [-0.3, -0.25) is 19.2 Å². The second-order valence-electron chi connectivity index (χ2n) is 9.62. The van der Waals surface area contributed by atoms with Crippen LogP contribution in [0.2, 0.25) is 0 Å². The zero-order valence-electron chi connectivity index (χ0n) is 22.8. The number of carbonyl (C=O) groups is 4. The lowest BCUT2D eigenvalue weighted by molar-refractivity contribution is -0.178. The third kappa shape index (κ3) is 7.11. The minimum Gasteiger partial charge on any atom is -0.448 e. The molecule has 3 heterocycles. The summed E-state index contributed by atoms with van der Waals surface area (Å²) in [6.07, 6.45) is 0.426. The number of amides is 2. The molecule has 2 amide bonds. The van der Waals surface area contributed by atoms with Crippen LogP contribution in [0, 0.1) is 13.8 Å². The molecule has 212 valence electrons. The average molecular weight is 585 g/mol. The van der Waals surface area contributed by atoms with Crippen LogP contribution in [0.3, 0.4) is 0 Å². The predicted octanol–water partition coefficient (Wildman–Crippen LogP) is 3.65. The van der Waals surface area contributed by atoms with Crippen molar-refractivity contribution in [2.24, 2.45) is 0 Å². The summed E-state index contributed by atoms with van der Waals surface area (Å²) < 4.78 is 10.6. The first kappa shape index (κ1) is 29.3. The van der Waals surface area contributed by atoms with Crippen molar-refractivity contribution in [3.63, 3.8) is 0 Å². The highest BCUT2D eigenvalue weighted by Crippen LogP contribution is 2.34. The van der Waals surface area contributed by atoms with Crippen LogP contribution in [0.15, 0.2) is 35.2 Å². The lowest BCUT2D eigenvalue weighted by atomic mass is 9.99. The Bertz CT molecular complexity index is 1350. The van der Waals surface area contributed by atoms with Crippen molar-refractivity contribution in [1.29, 1.82) is 0 Å². The summed E-state index contributed by atoms with van der Waals surface area (Å²) in [4.78, 5) is 61.4. The average Bonchev–Trinajstić information content (AvgIpc) is 3.68. The molecule has 1 N–H and O–H groups in total. The van der Waals surface area contributed by atoms with E-state index in [1.54, 1.807) is 6.20 Å². The Labute approximate surface area is 240 Å². The Hall–Kier alpha value is -3.64. The Kier molecular flexibility index (Phi) is 9.64. The number of esters is 2. The molecule has 12 heteroatoms. The van der Waals surface area contributed by atoms with Crippen molar-refractivity contribution in [1.82, 2.24) is 20.2 Å². The number of ether oxygens (including phenoxy) is 2. The zero-order chi connectivity index (χ0) is 28.8. The lowest BCUT2D eigenvalue weighted by Gasteiger charge is -2.30. The van der Waals surface area contributed by atoms with Gasteiger partial charge < -0.3 is 19.7 Å². The van der Waals surface area contributed by atoms with Gasteiger partial charge in [-0.25, -0.2) is 9.97 Å². The third-order valence-electron chi connectivity index (χ3n) is 6.65. The van der Waals surface area contributed by atoms with Crippen LogP contribution in [0.5, 0.6) is 0 Å². The van der Waals surface area contributed by atoms with Gasteiger partial charge in [-0.1, -0.05) is 18.2 Å². The number of carbonyl (C=O) groups excluding carboxylic acids is 4. The highest BCUT2D eigenvalue weighted by molar-refractivity contribution is 7.09. The van der Waals surface area contributed by atoms with Gasteiger partial charge in [-0.2, -0.15) is 0 Å². The first-order valence-electron chi connectivity index (χ1n) is 12.9. The van der Waals surface area contributed by atoms with Gasteiger partial charge in [0.25, 0.3) is 11.8 Å².